The van der Waals surface area contributed by atoms with Crippen LogP contribution in [0.5, 0.6) is 5.75 Å². The molecule has 1 aliphatic carbocycles. The van der Waals surface area contributed by atoms with Gasteiger partial charge < -0.3 is 10.1 Å². The standard InChI is InChI=1S/C15H18N2O/c1-11(12-6-8-14(18-2)9-7-12)17-15-5-3-4-13(15)10-16/h6-9,11,17H,3-5H2,1-2H3/t11-/m0/s1. The van der Waals surface area contributed by atoms with Gasteiger partial charge >= 0.3 is 0 Å². The van der Waals surface area contributed by atoms with Crippen LogP contribution >= 0.6 is 0 Å². The summed E-state index contributed by atoms with van der Waals surface area (Å²) in [7, 11) is 1.67. The number of rotatable bonds is 4. The molecule has 0 radical (unpaired) electrons. The zero-order valence-corrected chi connectivity index (χ0v) is 10.9. The van der Waals surface area contributed by atoms with E-state index in [1.54, 1.807) is 7.11 Å². The largest absolute Gasteiger partial charge is 0.497 e. The summed E-state index contributed by atoms with van der Waals surface area (Å²) in [4.78, 5) is 0. The number of nitriles is 1. The third-order valence-electron chi connectivity index (χ3n) is 3.36. The summed E-state index contributed by atoms with van der Waals surface area (Å²) in [5, 5.41) is 12.5. The Kier molecular flexibility index (Phi) is 3.88. The van der Waals surface area contributed by atoms with Crippen LogP contribution in [-0.2, 0) is 0 Å². The van der Waals surface area contributed by atoms with Gasteiger partial charge in [-0.15, -0.1) is 0 Å². The number of hydrogen-bond donors (Lipinski definition) is 1. The number of methoxy groups -OCH3 is 1. The van der Waals surface area contributed by atoms with Crippen molar-refractivity contribution in [2.75, 3.05) is 7.11 Å². The van der Waals surface area contributed by atoms with Gasteiger partial charge in [-0.25, -0.2) is 0 Å². The molecular weight excluding hydrogens is 224 g/mol. The molecule has 0 heterocycles. The van der Waals surface area contributed by atoms with Crippen LogP contribution in [0, 0.1) is 11.3 Å². The van der Waals surface area contributed by atoms with Crippen LogP contribution in [0.15, 0.2) is 35.5 Å². The Morgan fingerprint density at radius 1 is 1.28 bits per heavy atom. The smallest absolute Gasteiger partial charge is 0.118 e. The number of benzene rings is 1. The molecule has 2 rings (SSSR count). The van der Waals surface area contributed by atoms with E-state index in [9.17, 15) is 0 Å². The minimum atomic E-state index is 0.215. The average Bonchev–Trinajstić information content (AvgIpc) is 2.86. The summed E-state index contributed by atoms with van der Waals surface area (Å²) in [6.45, 7) is 2.11. The minimum absolute atomic E-state index is 0.215. The van der Waals surface area contributed by atoms with Crippen molar-refractivity contribution in [3.05, 3.63) is 41.1 Å². The maximum atomic E-state index is 9.02. The van der Waals surface area contributed by atoms with Crippen molar-refractivity contribution < 1.29 is 4.74 Å². The lowest BCUT2D eigenvalue weighted by Crippen LogP contribution is -2.17. The van der Waals surface area contributed by atoms with E-state index in [0.29, 0.717) is 0 Å². The highest BCUT2D eigenvalue weighted by Crippen LogP contribution is 2.26. The van der Waals surface area contributed by atoms with Crippen molar-refractivity contribution in [3.63, 3.8) is 0 Å². The van der Waals surface area contributed by atoms with Gasteiger partial charge in [0.15, 0.2) is 0 Å². The molecule has 0 fully saturated rings. The minimum Gasteiger partial charge on any atom is -0.497 e. The van der Waals surface area contributed by atoms with Crippen molar-refractivity contribution in [3.8, 4) is 11.8 Å². The molecule has 0 unspecified atom stereocenters. The molecule has 0 saturated heterocycles. The third-order valence-corrected chi connectivity index (χ3v) is 3.36. The van der Waals surface area contributed by atoms with E-state index in [1.165, 1.54) is 5.56 Å². The van der Waals surface area contributed by atoms with Gasteiger partial charge in [0.2, 0.25) is 0 Å². The number of nitrogens with one attached hydrogen (secondary N) is 1. The lowest BCUT2D eigenvalue weighted by atomic mass is 10.1. The molecule has 0 aromatic heterocycles. The lowest BCUT2D eigenvalue weighted by Gasteiger charge is -2.17. The fourth-order valence-corrected chi connectivity index (χ4v) is 2.26. The molecule has 0 saturated carbocycles. The van der Waals surface area contributed by atoms with Crippen LogP contribution in [-0.4, -0.2) is 7.11 Å². The molecule has 1 aliphatic rings. The monoisotopic (exact) mass is 242 g/mol. The van der Waals surface area contributed by atoms with Gasteiger partial charge in [-0.05, 0) is 43.9 Å². The van der Waals surface area contributed by atoms with Crippen molar-refractivity contribution in [1.82, 2.24) is 5.32 Å². The highest BCUT2D eigenvalue weighted by Gasteiger charge is 2.16. The molecule has 1 aromatic carbocycles. The Morgan fingerprint density at radius 3 is 2.61 bits per heavy atom. The summed E-state index contributed by atoms with van der Waals surface area (Å²) >= 11 is 0. The predicted molar refractivity (Wildman–Crippen MR) is 71.0 cm³/mol. The molecule has 3 nitrogen and oxygen atoms in total. The van der Waals surface area contributed by atoms with E-state index >= 15 is 0 Å². The van der Waals surface area contributed by atoms with Crippen LogP contribution in [0.4, 0.5) is 0 Å². The van der Waals surface area contributed by atoms with Gasteiger partial charge in [-0.1, -0.05) is 12.1 Å². The molecule has 3 heteroatoms. The van der Waals surface area contributed by atoms with E-state index in [1.807, 2.05) is 12.1 Å². The van der Waals surface area contributed by atoms with Crippen LogP contribution in [0.3, 0.4) is 0 Å². The van der Waals surface area contributed by atoms with Crippen LogP contribution < -0.4 is 10.1 Å². The van der Waals surface area contributed by atoms with Gasteiger partial charge in [-0.2, -0.15) is 5.26 Å². The Labute approximate surface area is 108 Å². The molecule has 94 valence electrons. The maximum Gasteiger partial charge on any atom is 0.118 e. The first kappa shape index (κ1) is 12.5. The first-order chi connectivity index (χ1) is 8.74. The van der Waals surface area contributed by atoms with E-state index in [4.69, 9.17) is 10.00 Å². The molecule has 18 heavy (non-hydrogen) atoms. The quantitative estimate of drug-likeness (QED) is 0.881. The van der Waals surface area contributed by atoms with Crippen LogP contribution in [0.1, 0.15) is 37.8 Å². The van der Waals surface area contributed by atoms with Gasteiger partial charge in [0.1, 0.15) is 5.75 Å². The molecule has 0 bridgehead atoms. The summed E-state index contributed by atoms with van der Waals surface area (Å²) in [5.74, 6) is 0.865. The molecule has 1 aromatic rings. The summed E-state index contributed by atoms with van der Waals surface area (Å²) in [6, 6.07) is 10.5. The second-order valence-corrected chi connectivity index (χ2v) is 4.56. The molecule has 0 aliphatic heterocycles. The van der Waals surface area contributed by atoms with Crippen LogP contribution in [0.2, 0.25) is 0 Å². The molecule has 1 N–H and O–H groups in total. The average molecular weight is 242 g/mol. The number of allylic oxidation sites excluding steroid dienone is 2. The van der Waals surface area contributed by atoms with Gasteiger partial charge in [-0.3, -0.25) is 0 Å². The van der Waals surface area contributed by atoms with Gasteiger partial charge in [0.05, 0.1) is 13.2 Å². The maximum absolute atomic E-state index is 9.02. The predicted octanol–water partition coefficient (Wildman–Crippen LogP) is 3.31. The Morgan fingerprint density at radius 2 is 2.00 bits per heavy atom. The van der Waals surface area contributed by atoms with E-state index in [0.717, 1.165) is 36.3 Å². The summed E-state index contributed by atoms with van der Waals surface area (Å²) < 4.78 is 5.14. The molecular formula is C15H18N2O. The second-order valence-electron chi connectivity index (χ2n) is 4.56. The van der Waals surface area contributed by atoms with E-state index < -0.39 is 0 Å². The topological polar surface area (TPSA) is 45.0 Å². The van der Waals surface area contributed by atoms with E-state index in [2.05, 4.69) is 30.4 Å². The van der Waals surface area contributed by atoms with Crippen molar-refractivity contribution in [2.45, 2.75) is 32.2 Å². The lowest BCUT2D eigenvalue weighted by molar-refractivity contribution is 0.414. The first-order valence-electron chi connectivity index (χ1n) is 6.27. The number of hydrogen-bond acceptors (Lipinski definition) is 3. The van der Waals surface area contributed by atoms with Crippen LogP contribution in [0.25, 0.3) is 0 Å². The SMILES string of the molecule is COc1ccc([C@H](C)NC2=C(C#N)CCC2)cc1. The Balaban J connectivity index is 2.07. The van der Waals surface area contributed by atoms with Crippen molar-refractivity contribution >= 4 is 0 Å². The molecule has 0 spiro atoms. The number of ether oxygens (including phenoxy) is 1. The summed E-state index contributed by atoms with van der Waals surface area (Å²) in [6.07, 6.45) is 2.98. The Hall–Kier alpha value is -1.95. The van der Waals surface area contributed by atoms with Gasteiger partial charge in [0, 0.05) is 17.3 Å². The number of nitrogens with zero attached hydrogens (tertiary/aromatic N) is 1. The van der Waals surface area contributed by atoms with Crippen molar-refractivity contribution in [1.29, 1.82) is 5.26 Å². The second kappa shape index (κ2) is 5.59. The zero-order valence-electron chi connectivity index (χ0n) is 10.9. The fourth-order valence-electron chi connectivity index (χ4n) is 2.26. The Bertz CT molecular complexity index is 482. The summed E-state index contributed by atoms with van der Waals surface area (Å²) in [5.41, 5.74) is 3.23. The normalized spacial score (nSPS) is 16.3. The van der Waals surface area contributed by atoms with E-state index in [-0.39, 0.29) is 6.04 Å². The van der Waals surface area contributed by atoms with Gasteiger partial charge in [0.25, 0.3) is 0 Å². The highest BCUT2D eigenvalue weighted by molar-refractivity contribution is 5.33. The fraction of sp³-hybridized carbons (Fsp3) is 0.400. The first-order valence-corrected chi connectivity index (χ1v) is 6.27. The molecule has 0 amide bonds. The zero-order chi connectivity index (χ0) is 13.0. The van der Waals surface area contributed by atoms with Crippen molar-refractivity contribution in [2.24, 2.45) is 0 Å². The highest BCUT2D eigenvalue weighted by atomic mass is 16.5. The molecule has 1 atom stereocenters. The third kappa shape index (κ3) is 2.65.